The van der Waals surface area contributed by atoms with Crippen molar-refractivity contribution in [3.8, 4) is 11.5 Å². The predicted molar refractivity (Wildman–Crippen MR) is 126 cm³/mol. The minimum Gasteiger partial charge on any atom is -0.481 e. The smallest absolute Gasteiger partial charge is 0.306 e. The van der Waals surface area contributed by atoms with Gasteiger partial charge in [-0.05, 0) is 67.5 Å². The third-order valence-corrected chi connectivity index (χ3v) is 7.04. The summed E-state index contributed by atoms with van der Waals surface area (Å²) < 4.78 is 6.38. The van der Waals surface area contributed by atoms with Crippen LogP contribution in [0.15, 0.2) is 59.5 Å². The van der Waals surface area contributed by atoms with Gasteiger partial charge in [-0.3, -0.25) is 14.5 Å². The number of benzene rings is 2. The molecule has 1 N–H and O–H groups in total. The summed E-state index contributed by atoms with van der Waals surface area (Å²) in [6.45, 7) is 0.568. The van der Waals surface area contributed by atoms with Crippen LogP contribution in [0.3, 0.4) is 0 Å². The minimum atomic E-state index is -0.716. The Hall–Kier alpha value is -2.64. The van der Waals surface area contributed by atoms with Crippen molar-refractivity contribution in [2.75, 3.05) is 6.54 Å². The van der Waals surface area contributed by atoms with Gasteiger partial charge in [0, 0.05) is 6.54 Å². The maximum absolute atomic E-state index is 12.9. The minimum absolute atomic E-state index is 0.0695. The van der Waals surface area contributed by atoms with Gasteiger partial charge >= 0.3 is 5.97 Å². The molecule has 2 aromatic rings. The SMILES string of the molecule is O=C(O)C1CCC(CN2C(=O)/C(=C/c3ccc(Oc4ccccc4)cc3)SC2=S)CC1. The molecule has 1 saturated heterocycles. The number of carbonyl (C=O) groups excluding carboxylic acids is 1. The summed E-state index contributed by atoms with van der Waals surface area (Å²) in [6, 6.07) is 17.2. The van der Waals surface area contributed by atoms with E-state index in [-0.39, 0.29) is 11.8 Å². The zero-order chi connectivity index (χ0) is 21.8. The van der Waals surface area contributed by atoms with Crippen molar-refractivity contribution in [3.63, 3.8) is 0 Å². The van der Waals surface area contributed by atoms with E-state index in [1.54, 1.807) is 4.90 Å². The summed E-state index contributed by atoms with van der Waals surface area (Å²) in [5.41, 5.74) is 0.905. The van der Waals surface area contributed by atoms with Gasteiger partial charge in [0.1, 0.15) is 15.8 Å². The lowest BCUT2D eigenvalue weighted by molar-refractivity contribution is -0.143. The Morgan fingerprint density at radius 2 is 1.71 bits per heavy atom. The molecule has 4 rings (SSSR count). The number of hydrogen-bond acceptors (Lipinski definition) is 5. The number of aliphatic carboxylic acids is 1. The molecule has 0 atom stereocenters. The molecule has 0 spiro atoms. The lowest BCUT2D eigenvalue weighted by Crippen LogP contribution is -2.35. The number of hydrogen-bond donors (Lipinski definition) is 1. The zero-order valence-electron chi connectivity index (χ0n) is 16.9. The fourth-order valence-corrected chi connectivity index (χ4v) is 5.19. The van der Waals surface area contributed by atoms with Crippen LogP contribution < -0.4 is 4.74 Å². The van der Waals surface area contributed by atoms with Crippen molar-refractivity contribution in [3.05, 3.63) is 65.1 Å². The van der Waals surface area contributed by atoms with Crippen LogP contribution in [0.2, 0.25) is 0 Å². The van der Waals surface area contributed by atoms with Crippen LogP contribution in [-0.2, 0) is 9.59 Å². The van der Waals surface area contributed by atoms with E-state index in [9.17, 15) is 9.59 Å². The molecule has 1 heterocycles. The number of carboxylic acid groups (broad SMARTS) is 1. The van der Waals surface area contributed by atoms with Crippen molar-refractivity contribution < 1.29 is 19.4 Å². The molecule has 5 nitrogen and oxygen atoms in total. The van der Waals surface area contributed by atoms with Gasteiger partial charge < -0.3 is 9.84 Å². The molecule has 1 saturated carbocycles. The molecular formula is C24H23NO4S2. The third-order valence-electron chi connectivity index (χ3n) is 5.67. The van der Waals surface area contributed by atoms with E-state index in [0.29, 0.717) is 34.5 Å². The summed E-state index contributed by atoms with van der Waals surface area (Å²) in [6.07, 6.45) is 4.82. The second-order valence-electron chi connectivity index (χ2n) is 7.83. The Kier molecular flexibility index (Phi) is 6.73. The van der Waals surface area contributed by atoms with Crippen molar-refractivity contribution in [1.29, 1.82) is 0 Å². The molecule has 7 heteroatoms. The molecule has 0 aromatic heterocycles. The van der Waals surface area contributed by atoms with E-state index in [2.05, 4.69) is 0 Å². The number of para-hydroxylation sites is 1. The Balaban J connectivity index is 1.37. The van der Waals surface area contributed by atoms with Gasteiger partial charge in [0.05, 0.1) is 10.8 Å². The average molecular weight is 454 g/mol. The Bertz CT molecular complexity index is 996. The van der Waals surface area contributed by atoms with Crippen LogP contribution in [0.4, 0.5) is 0 Å². The first-order valence-corrected chi connectivity index (χ1v) is 11.5. The van der Waals surface area contributed by atoms with E-state index in [1.165, 1.54) is 11.8 Å². The van der Waals surface area contributed by atoms with E-state index in [0.717, 1.165) is 29.9 Å². The van der Waals surface area contributed by atoms with E-state index < -0.39 is 5.97 Å². The molecule has 31 heavy (non-hydrogen) atoms. The van der Waals surface area contributed by atoms with Crippen molar-refractivity contribution in [2.45, 2.75) is 25.7 Å². The highest BCUT2D eigenvalue weighted by Gasteiger charge is 2.35. The predicted octanol–water partition coefficient (Wildman–Crippen LogP) is 5.57. The average Bonchev–Trinajstić information content (AvgIpc) is 3.03. The monoisotopic (exact) mass is 453 g/mol. The van der Waals surface area contributed by atoms with Gasteiger partial charge in [-0.25, -0.2) is 0 Å². The first-order chi connectivity index (χ1) is 15.0. The third kappa shape index (κ3) is 5.35. The fraction of sp³-hybridized carbons (Fsp3) is 0.292. The highest BCUT2D eigenvalue weighted by Crippen LogP contribution is 2.36. The van der Waals surface area contributed by atoms with Gasteiger partial charge in [0.2, 0.25) is 0 Å². The number of rotatable bonds is 6. The topological polar surface area (TPSA) is 66.8 Å². The molecule has 1 aliphatic carbocycles. The highest BCUT2D eigenvalue weighted by molar-refractivity contribution is 8.26. The normalized spacial score (nSPS) is 22.7. The largest absolute Gasteiger partial charge is 0.481 e. The van der Waals surface area contributed by atoms with Crippen LogP contribution in [0.25, 0.3) is 6.08 Å². The second-order valence-corrected chi connectivity index (χ2v) is 9.51. The van der Waals surface area contributed by atoms with E-state index >= 15 is 0 Å². The van der Waals surface area contributed by atoms with Crippen LogP contribution >= 0.6 is 24.0 Å². The Morgan fingerprint density at radius 1 is 1.06 bits per heavy atom. The van der Waals surface area contributed by atoms with Gasteiger partial charge in [0.15, 0.2) is 0 Å². The molecule has 2 fully saturated rings. The van der Waals surface area contributed by atoms with Gasteiger partial charge in [-0.15, -0.1) is 0 Å². The molecule has 0 unspecified atom stereocenters. The lowest BCUT2D eigenvalue weighted by Gasteiger charge is -2.29. The molecule has 2 aromatic carbocycles. The Labute approximate surface area is 191 Å². The van der Waals surface area contributed by atoms with Crippen molar-refractivity contribution >= 4 is 46.3 Å². The highest BCUT2D eigenvalue weighted by atomic mass is 32.2. The van der Waals surface area contributed by atoms with Gasteiger partial charge in [-0.2, -0.15) is 0 Å². The van der Waals surface area contributed by atoms with E-state index in [1.807, 2.05) is 60.7 Å². The number of ether oxygens (including phenoxy) is 1. The summed E-state index contributed by atoms with van der Waals surface area (Å²) >= 11 is 6.77. The van der Waals surface area contributed by atoms with Crippen molar-refractivity contribution in [2.24, 2.45) is 11.8 Å². The van der Waals surface area contributed by atoms with Crippen LogP contribution in [0.5, 0.6) is 11.5 Å². The number of thioether (sulfide) groups is 1. The second kappa shape index (κ2) is 9.66. The molecular weight excluding hydrogens is 430 g/mol. The Morgan fingerprint density at radius 3 is 2.35 bits per heavy atom. The number of carbonyl (C=O) groups is 2. The quantitative estimate of drug-likeness (QED) is 0.456. The number of carboxylic acids is 1. The van der Waals surface area contributed by atoms with Gasteiger partial charge in [0.25, 0.3) is 5.91 Å². The fourth-order valence-electron chi connectivity index (χ4n) is 3.92. The number of thiocarbonyl (C=S) groups is 1. The van der Waals surface area contributed by atoms with E-state index in [4.69, 9.17) is 22.1 Å². The number of amides is 1. The van der Waals surface area contributed by atoms with Crippen LogP contribution in [0, 0.1) is 11.8 Å². The standard InChI is InChI=1S/C24H23NO4S2/c26-22-21(14-16-8-12-20(13-9-16)29-19-4-2-1-3-5-19)31-24(30)25(22)15-17-6-10-18(11-7-17)23(27)28/h1-5,8-9,12-14,17-18H,6-7,10-11,15H2,(H,27,28)/b21-14-. The molecule has 0 bridgehead atoms. The molecule has 1 aliphatic heterocycles. The first-order valence-electron chi connectivity index (χ1n) is 10.3. The lowest BCUT2D eigenvalue weighted by atomic mass is 9.82. The number of nitrogens with zero attached hydrogens (tertiary/aromatic N) is 1. The molecule has 1 amide bonds. The van der Waals surface area contributed by atoms with Crippen molar-refractivity contribution in [1.82, 2.24) is 4.90 Å². The van der Waals surface area contributed by atoms with Gasteiger partial charge in [-0.1, -0.05) is 54.3 Å². The molecule has 160 valence electrons. The maximum atomic E-state index is 12.9. The molecule has 2 aliphatic rings. The summed E-state index contributed by atoms with van der Waals surface area (Å²) in [4.78, 5) is 26.3. The maximum Gasteiger partial charge on any atom is 0.306 e. The summed E-state index contributed by atoms with van der Waals surface area (Å²) in [7, 11) is 0. The molecule has 0 radical (unpaired) electrons. The van der Waals surface area contributed by atoms with Crippen LogP contribution in [0.1, 0.15) is 31.2 Å². The van der Waals surface area contributed by atoms with Crippen LogP contribution in [-0.4, -0.2) is 32.7 Å². The first kappa shape index (κ1) is 21.6. The zero-order valence-corrected chi connectivity index (χ0v) is 18.5. The summed E-state index contributed by atoms with van der Waals surface area (Å²) in [5, 5.41) is 9.15. The summed E-state index contributed by atoms with van der Waals surface area (Å²) in [5.74, 6) is 0.761.